The Kier molecular flexibility index (Phi) is 7.70. The molecule has 9 heteroatoms. The predicted molar refractivity (Wildman–Crippen MR) is 109 cm³/mol. The zero-order valence-electron chi connectivity index (χ0n) is 16.0. The second-order valence-electron chi connectivity index (χ2n) is 7.25. The van der Waals surface area contributed by atoms with E-state index in [9.17, 15) is 13.2 Å². The smallest absolute Gasteiger partial charge is 0.243 e. The number of anilines is 1. The lowest BCUT2D eigenvalue weighted by Gasteiger charge is -2.26. The third-order valence-corrected chi connectivity index (χ3v) is 7.36. The minimum atomic E-state index is -3.64. The molecule has 1 aromatic carbocycles. The maximum absolute atomic E-state index is 12.8. The number of likely N-dealkylation sites (tertiary alicyclic amines) is 1. The van der Waals surface area contributed by atoms with E-state index >= 15 is 0 Å². The molecule has 0 unspecified atom stereocenters. The van der Waals surface area contributed by atoms with E-state index in [0.717, 1.165) is 25.9 Å². The van der Waals surface area contributed by atoms with Gasteiger partial charge in [-0.25, -0.2) is 8.42 Å². The van der Waals surface area contributed by atoms with Crippen molar-refractivity contribution in [2.75, 3.05) is 51.3 Å². The summed E-state index contributed by atoms with van der Waals surface area (Å²) >= 11 is 6.21. The fourth-order valence-electron chi connectivity index (χ4n) is 3.56. The van der Waals surface area contributed by atoms with E-state index in [2.05, 4.69) is 10.2 Å². The monoisotopic (exact) mass is 429 g/mol. The molecule has 0 aliphatic carbocycles. The van der Waals surface area contributed by atoms with Crippen molar-refractivity contribution in [3.8, 4) is 0 Å². The molecule has 2 fully saturated rings. The number of rotatable bonds is 5. The summed E-state index contributed by atoms with van der Waals surface area (Å²) in [6.45, 7) is 3.51. The molecule has 3 rings (SSSR count). The predicted octanol–water partition coefficient (Wildman–Crippen LogP) is 2.57. The quantitative estimate of drug-likeness (QED) is 0.778. The first-order valence-electron chi connectivity index (χ1n) is 9.86. The molecule has 0 radical (unpaired) electrons. The van der Waals surface area contributed by atoms with Crippen molar-refractivity contribution in [1.29, 1.82) is 0 Å². The lowest BCUT2D eigenvalue weighted by atomic mass is 10.1. The molecular weight excluding hydrogens is 402 g/mol. The van der Waals surface area contributed by atoms with E-state index in [1.165, 1.54) is 41.8 Å². The van der Waals surface area contributed by atoms with E-state index in [0.29, 0.717) is 37.0 Å². The minimum absolute atomic E-state index is 0.125. The fraction of sp³-hybridized carbons (Fsp3) is 0.632. The Morgan fingerprint density at radius 3 is 2.36 bits per heavy atom. The first-order chi connectivity index (χ1) is 13.5. The molecule has 7 nitrogen and oxygen atoms in total. The minimum Gasteiger partial charge on any atom is -0.379 e. The van der Waals surface area contributed by atoms with Gasteiger partial charge in [-0.2, -0.15) is 4.31 Å². The van der Waals surface area contributed by atoms with Crippen LogP contribution in [0, 0.1) is 0 Å². The molecule has 0 saturated carbocycles. The Bertz CT molecular complexity index is 773. The Morgan fingerprint density at radius 2 is 1.68 bits per heavy atom. The normalized spacial score (nSPS) is 20.3. The average Bonchev–Trinajstić information content (AvgIpc) is 2.66. The van der Waals surface area contributed by atoms with Crippen LogP contribution in [0.3, 0.4) is 0 Å². The van der Waals surface area contributed by atoms with Gasteiger partial charge in [0.15, 0.2) is 0 Å². The molecule has 0 spiro atoms. The van der Waals surface area contributed by atoms with Gasteiger partial charge >= 0.3 is 0 Å². The molecule has 156 valence electrons. The molecule has 0 aromatic heterocycles. The highest BCUT2D eigenvalue weighted by molar-refractivity contribution is 7.89. The maximum atomic E-state index is 12.8. The highest BCUT2D eigenvalue weighted by atomic mass is 35.5. The van der Waals surface area contributed by atoms with Crippen LogP contribution in [-0.4, -0.2) is 69.5 Å². The van der Waals surface area contributed by atoms with Crippen LogP contribution in [0.25, 0.3) is 0 Å². The topological polar surface area (TPSA) is 79.0 Å². The standard InChI is InChI=1S/C19H28ClN3O4S/c20-17-7-6-16(28(25,26)23-10-12-27-13-11-23)14-18(17)21-19(24)15-22-8-4-2-1-3-5-9-22/h6-7,14H,1-5,8-13,15H2,(H,21,24). The van der Waals surface area contributed by atoms with Crippen LogP contribution in [0.15, 0.2) is 23.1 Å². The first-order valence-corrected chi connectivity index (χ1v) is 11.7. The highest BCUT2D eigenvalue weighted by Gasteiger charge is 2.27. The zero-order chi connectivity index (χ0) is 20.0. The van der Waals surface area contributed by atoms with Crippen molar-refractivity contribution >= 4 is 33.2 Å². The molecule has 1 aromatic rings. The van der Waals surface area contributed by atoms with Gasteiger partial charge in [0, 0.05) is 13.1 Å². The van der Waals surface area contributed by atoms with Crippen LogP contribution in [0.1, 0.15) is 32.1 Å². The number of nitrogens with one attached hydrogen (secondary N) is 1. The number of ether oxygens (including phenoxy) is 1. The number of nitrogens with zero attached hydrogens (tertiary/aromatic N) is 2. The van der Waals surface area contributed by atoms with E-state index in [-0.39, 0.29) is 17.3 Å². The summed E-state index contributed by atoms with van der Waals surface area (Å²) in [6.07, 6.45) is 5.86. The number of carbonyl (C=O) groups excluding carboxylic acids is 1. The van der Waals surface area contributed by atoms with Crippen LogP contribution in [-0.2, 0) is 19.6 Å². The average molecular weight is 430 g/mol. The largest absolute Gasteiger partial charge is 0.379 e. The number of halogens is 1. The fourth-order valence-corrected chi connectivity index (χ4v) is 5.16. The molecule has 2 aliphatic heterocycles. The van der Waals surface area contributed by atoms with Crippen LogP contribution in [0.4, 0.5) is 5.69 Å². The van der Waals surface area contributed by atoms with Crippen LogP contribution < -0.4 is 5.32 Å². The lowest BCUT2D eigenvalue weighted by molar-refractivity contribution is -0.117. The van der Waals surface area contributed by atoms with Crippen molar-refractivity contribution in [2.24, 2.45) is 0 Å². The van der Waals surface area contributed by atoms with Gasteiger partial charge in [-0.3, -0.25) is 9.69 Å². The van der Waals surface area contributed by atoms with Crippen molar-refractivity contribution < 1.29 is 17.9 Å². The number of amides is 1. The molecule has 28 heavy (non-hydrogen) atoms. The summed E-state index contributed by atoms with van der Waals surface area (Å²) in [5.74, 6) is -0.177. The number of hydrogen-bond donors (Lipinski definition) is 1. The number of hydrogen-bond acceptors (Lipinski definition) is 5. The molecule has 2 heterocycles. The van der Waals surface area contributed by atoms with Gasteiger partial charge in [0.05, 0.1) is 35.4 Å². The van der Waals surface area contributed by atoms with Crippen molar-refractivity contribution in [3.05, 3.63) is 23.2 Å². The molecular formula is C19H28ClN3O4S. The van der Waals surface area contributed by atoms with Gasteiger partial charge in [-0.05, 0) is 44.1 Å². The summed E-state index contributed by atoms with van der Waals surface area (Å²) < 4.78 is 32.3. The SMILES string of the molecule is O=C(CN1CCCCCCC1)Nc1cc(S(=O)(=O)N2CCOCC2)ccc1Cl. The lowest BCUT2D eigenvalue weighted by Crippen LogP contribution is -2.40. The molecule has 2 saturated heterocycles. The molecule has 0 atom stereocenters. The van der Waals surface area contributed by atoms with E-state index in [1.54, 1.807) is 0 Å². The van der Waals surface area contributed by atoms with Crippen LogP contribution in [0.2, 0.25) is 5.02 Å². The Labute approximate surface area is 172 Å². The Balaban J connectivity index is 1.68. The molecule has 1 N–H and O–H groups in total. The molecule has 0 bridgehead atoms. The van der Waals surface area contributed by atoms with E-state index in [4.69, 9.17) is 16.3 Å². The van der Waals surface area contributed by atoms with Crippen molar-refractivity contribution in [2.45, 2.75) is 37.0 Å². The van der Waals surface area contributed by atoms with Gasteiger partial charge in [0.25, 0.3) is 0 Å². The van der Waals surface area contributed by atoms with E-state index in [1.807, 2.05) is 0 Å². The van der Waals surface area contributed by atoms with Gasteiger partial charge in [0.1, 0.15) is 0 Å². The zero-order valence-corrected chi connectivity index (χ0v) is 17.6. The molecule has 1 amide bonds. The summed E-state index contributed by atoms with van der Waals surface area (Å²) in [5, 5.41) is 3.11. The van der Waals surface area contributed by atoms with E-state index < -0.39 is 10.0 Å². The number of sulfonamides is 1. The van der Waals surface area contributed by atoms with Gasteiger partial charge < -0.3 is 10.1 Å². The Hall–Kier alpha value is -1.19. The number of carbonyl (C=O) groups is 1. The second-order valence-corrected chi connectivity index (χ2v) is 9.60. The van der Waals surface area contributed by atoms with Crippen molar-refractivity contribution in [1.82, 2.24) is 9.21 Å². The molecule has 2 aliphatic rings. The third-order valence-electron chi connectivity index (χ3n) is 5.14. The van der Waals surface area contributed by atoms with Crippen molar-refractivity contribution in [3.63, 3.8) is 0 Å². The van der Waals surface area contributed by atoms with Crippen LogP contribution >= 0.6 is 11.6 Å². The second kappa shape index (κ2) is 10.0. The number of benzene rings is 1. The Morgan fingerprint density at radius 1 is 1.04 bits per heavy atom. The first kappa shape index (κ1) is 21.5. The van der Waals surface area contributed by atoms with Gasteiger partial charge in [-0.1, -0.05) is 30.9 Å². The van der Waals surface area contributed by atoms with Gasteiger partial charge in [0.2, 0.25) is 15.9 Å². The summed E-state index contributed by atoms with van der Waals surface area (Å²) in [4.78, 5) is 14.8. The van der Waals surface area contributed by atoms with Gasteiger partial charge in [-0.15, -0.1) is 0 Å². The number of morpholine rings is 1. The van der Waals surface area contributed by atoms with Crippen LogP contribution in [0.5, 0.6) is 0 Å². The maximum Gasteiger partial charge on any atom is 0.243 e. The third kappa shape index (κ3) is 5.67. The summed E-state index contributed by atoms with van der Waals surface area (Å²) in [6, 6.07) is 4.43. The summed E-state index contributed by atoms with van der Waals surface area (Å²) in [5.41, 5.74) is 0.327. The summed E-state index contributed by atoms with van der Waals surface area (Å²) in [7, 11) is -3.64. The highest BCUT2D eigenvalue weighted by Crippen LogP contribution is 2.27.